The van der Waals surface area contributed by atoms with Gasteiger partial charge in [0, 0.05) is 38.6 Å². The van der Waals surface area contributed by atoms with Crippen LogP contribution in [0.4, 0.5) is 0 Å². The lowest BCUT2D eigenvalue weighted by Gasteiger charge is -2.27. The summed E-state index contributed by atoms with van der Waals surface area (Å²) < 4.78 is 1.42. The van der Waals surface area contributed by atoms with Crippen LogP contribution < -0.4 is 10.9 Å². The number of hydrogen-bond acceptors (Lipinski definition) is 4. The summed E-state index contributed by atoms with van der Waals surface area (Å²) in [5.74, 6) is -0.237. The molecule has 0 atom stereocenters. The molecule has 3 rings (SSSR count). The summed E-state index contributed by atoms with van der Waals surface area (Å²) in [5, 5.41) is 3.18. The average molecular weight is 309 g/mol. The molecule has 0 unspecified atom stereocenters. The Balaban J connectivity index is 0.00000161. The van der Waals surface area contributed by atoms with E-state index in [0.29, 0.717) is 18.7 Å². The third-order valence-corrected chi connectivity index (χ3v) is 3.50. The average Bonchev–Trinajstić information content (AvgIpc) is 2.48. The van der Waals surface area contributed by atoms with Gasteiger partial charge < -0.3 is 10.2 Å². The van der Waals surface area contributed by atoms with E-state index >= 15 is 0 Å². The second-order valence-corrected chi connectivity index (χ2v) is 4.95. The van der Waals surface area contributed by atoms with Gasteiger partial charge in [-0.05, 0) is 24.6 Å². The summed E-state index contributed by atoms with van der Waals surface area (Å²) >= 11 is 0. The van der Waals surface area contributed by atoms with Gasteiger partial charge in [-0.25, -0.2) is 4.98 Å². The summed E-state index contributed by atoms with van der Waals surface area (Å²) in [6.45, 7) is 4.69. The highest BCUT2D eigenvalue weighted by molar-refractivity contribution is 5.93. The van der Waals surface area contributed by atoms with Crippen molar-refractivity contribution in [2.45, 2.75) is 6.92 Å². The van der Waals surface area contributed by atoms with Gasteiger partial charge in [-0.2, -0.15) is 0 Å². The molecule has 1 amide bonds. The number of nitrogens with zero attached hydrogens (tertiary/aromatic N) is 3. The van der Waals surface area contributed by atoms with E-state index in [1.807, 2.05) is 19.1 Å². The van der Waals surface area contributed by atoms with Gasteiger partial charge in [0.2, 0.25) is 0 Å². The molecule has 6 nitrogen and oxygen atoms in total. The summed E-state index contributed by atoms with van der Waals surface area (Å²) in [7, 11) is 0. The van der Waals surface area contributed by atoms with E-state index in [1.165, 1.54) is 10.6 Å². The fourth-order valence-electron chi connectivity index (χ4n) is 2.36. The van der Waals surface area contributed by atoms with E-state index in [0.717, 1.165) is 18.7 Å². The zero-order valence-electron chi connectivity index (χ0n) is 11.7. The quantitative estimate of drug-likeness (QED) is 0.832. The number of aryl methyl sites for hydroxylation is 1. The minimum atomic E-state index is -0.307. The van der Waals surface area contributed by atoms with Crippen molar-refractivity contribution >= 4 is 24.0 Å². The first-order valence-corrected chi connectivity index (χ1v) is 6.65. The Bertz CT molecular complexity index is 722. The molecule has 0 aromatic carbocycles. The maximum absolute atomic E-state index is 12.4. The van der Waals surface area contributed by atoms with Gasteiger partial charge in [-0.1, -0.05) is 0 Å². The van der Waals surface area contributed by atoms with Crippen LogP contribution in [0, 0.1) is 6.92 Å². The van der Waals surface area contributed by atoms with Crippen LogP contribution in [0.3, 0.4) is 0 Å². The molecule has 1 saturated heterocycles. The number of carbonyl (C=O) groups excluding carboxylic acids is 1. The number of fused-ring (bicyclic) bond motifs is 1. The minimum absolute atomic E-state index is 0. The zero-order chi connectivity index (χ0) is 14.1. The van der Waals surface area contributed by atoms with Gasteiger partial charge in [0.05, 0.1) is 0 Å². The molecule has 2 aromatic heterocycles. The maximum Gasteiger partial charge on any atom is 0.270 e. The van der Waals surface area contributed by atoms with Crippen molar-refractivity contribution in [1.29, 1.82) is 0 Å². The van der Waals surface area contributed by atoms with Gasteiger partial charge in [-0.15, -0.1) is 12.4 Å². The molecule has 1 aliphatic heterocycles. The minimum Gasteiger partial charge on any atom is -0.336 e. The third-order valence-electron chi connectivity index (χ3n) is 3.50. The molecule has 0 saturated carbocycles. The van der Waals surface area contributed by atoms with Crippen molar-refractivity contribution in [3.63, 3.8) is 0 Å². The molecule has 0 bridgehead atoms. The molecule has 0 aliphatic carbocycles. The summed E-state index contributed by atoms with van der Waals surface area (Å²) in [5.41, 5.74) is 1.41. The van der Waals surface area contributed by atoms with Crippen LogP contribution >= 0.6 is 12.4 Å². The number of piperazine rings is 1. The highest BCUT2D eigenvalue weighted by Crippen LogP contribution is 2.05. The van der Waals surface area contributed by atoms with Crippen LogP contribution in [0.25, 0.3) is 5.65 Å². The molecule has 2 aromatic rings. The predicted molar refractivity (Wildman–Crippen MR) is 82.2 cm³/mol. The van der Waals surface area contributed by atoms with E-state index in [-0.39, 0.29) is 29.4 Å². The van der Waals surface area contributed by atoms with E-state index in [4.69, 9.17) is 0 Å². The molecule has 1 fully saturated rings. The van der Waals surface area contributed by atoms with E-state index < -0.39 is 0 Å². The van der Waals surface area contributed by atoms with Crippen LogP contribution in [0.2, 0.25) is 0 Å². The number of halogens is 1. The fourth-order valence-corrected chi connectivity index (χ4v) is 2.36. The second-order valence-electron chi connectivity index (χ2n) is 4.95. The number of aromatic nitrogens is 2. The van der Waals surface area contributed by atoms with Gasteiger partial charge in [0.25, 0.3) is 11.5 Å². The van der Waals surface area contributed by atoms with Crippen LogP contribution in [0.1, 0.15) is 15.9 Å². The highest BCUT2D eigenvalue weighted by atomic mass is 35.5. The lowest BCUT2D eigenvalue weighted by Crippen LogP contribution is -2.47. The normalized spacial score (nSPS) is 14.8. The zero-order valence-corrected chi connectivity index (χ0v) is 12.5. The molecule has 112 valence electrons. The molecule has 0 spiro atoms. The van der Waals surface area contributed by atoms with Crippen molar-refractivity contribution in [3.8, 4) is 0 Å². The number of rotatable bonds is 1. The Morgan fingerprint density at radius 2 is 2.05 bits per heavy atom. The largest absolute Gasteiger partial charge is 0.336 e. The molecule has 7 heteroatoms. The van der Waals surface area contributed by atoms with Crippen LogP contribution in [0.15, 0.2) is 29.3 Å². The van der Waals surface area contributed by atoms with Crippen molar-refractivity contribution in [3.05, 3.63) is 46.0 Å². The molecule has 21 heavy (non-hydrogen) atoms. The Labute approximate surface area is 128 Å². The van der Waals surface area contributed by atoms with Gasteiger partial charge >= 0.3 is 0 Å². The van der Waals surface area contributed by atoms with E-state index in [9.17, 15) is 9.59 Å². The lowest BCUT2D eigenvalue weighted by molar-refractivity contribution is 0.0733. The Morgan fingerprint density at radius 3 is 2.76 bits per heavy atom. The number of carbonyl (C=O) groups is 1. The molecule has 1 aliphatic rings. The first kappa shape index (κ1) is 15.5. The Kier molecular flexibility index (Phi) is 4.59. The standard InChI is InChI=1S/C14H16N4O2.ClH/c1-10-2-5-18-12(8-10)16-9-11(14(18)20)13(19)17-6-3-15-4-7-17;/h2,5,8-9,15H,3-4,6-7H2,1H3;1H. The summed E-state index contributed by atoms with van der Waals surface area (Å²) in [6, 6.07) is 3.65. The third kappa shape index (κ3) is 2.91. The molecular formula is C14H17ClN4O2. The maximum atomic E-state index is 12.4. The predicted octanol–water partition coefficient (Wildman–Crippen LogP) is 0.470. The molecular weight excluding hydrogens is 292 g/mol. The summed E-state index contributed by atoms with van der Waals surface area (Å²) in [6.07, 6.45) is 3.05. The summed E-state index contributed by atoms with van der Waals surface area (Å²) in [4.78, 5) is 30.7. The second kappa shape index (κ2) is 6.24. The molecule has 3 heterocycles. The fraction of sp³-hybridized carbons (Fsp3) is 0.357. The van der Waals surface area contributed by atoms with Crippen LogP contribution in [-0.4, -0.2) is 46.4 Å². The number of amides is 1. The van der Waals surface area contributed by atoms with Gasteiger partial charge in [0.15, 0.2) is 0 Å². The number of nitrogens with one attached hydrogen (secondary N) is 1. The number of pyridine rings is 1. The SMILES string of the molecule is Cc1ccn2c(=O)c(C(=O)N3CCNCC3)cnc2c1.Cl. The Hall–Kier alpha value is -1.92. The topological polar surface area (TPSA) is 66.7 Å². The first-order valence-electron chi connectivity index (χ1n) is 6.65. The monoisotopic (exact) mass is 308 g/mol. The van der Waals surface area contributed by atoms with Crippen molar-refractivity contribution in [2.24, 2.45) is 0 Å². The van der Waals surface area contributed by atoms with Crippen LogP contribution in [-0.2, 0) is 0 Å². The van der Waals surface area contributed by atoms with Crippen LogP contribution in [0.5, 0.6) is 0 Å². The first-order chi connectivity index (χ1) is 9.66. The Morgan fingerprint density at radius 1 is 1.33 bits per heavy atom. The van der Waals surface area contributed by atoms with Crippen molar-refractivity contribution < 1.29 is 4.79 Å². The highest BCUT2D eigenvalue weighted by Gasteiger charge is 2.21. The van der Waals surface area contributed by atoms with Gasteiger partial charge in [-0.3, -0.25) is 14.0 Å². The molecule has 0 radical (unpaired) electrons. The van der Waals surface area contributed by atoms with Gasteiger partial charge in [0.1, 0.15) is 11.2 Å². The lowest BCUT2D eigenvalue weighted by atomic mass is 10.2. The number of hydrogen-bond donors (Lipinski definition) is 1. The van der Waals surface area contributed by atoms with E-state index in [1.54, 1.807) is 11.1 Å². The van der Waals surface area contributed by atoms with Crippen molar-refractivity contribution in [2.75, 3.05) is 26.2 Å². The van der Waals surface area contributed by atoms with Crippen molar-refractivity contribution in [1.82, 2.24) is 19.6 Å². The molecule has 1 N–H and O–H groups in total. The smallest absolute Gasteiger partial charge is 0.270 e. The van der Waals surface area contributed by atoms with E-state index in [2.05, 4.69) is 10.3 Å².